The number of nitrogens with zero attached hydrogens (tertiary/aromatic N) is 1. The van der Waals surface area contributed by atoms with E-state index in [9.17, 15) is 13.2 Å². The monoisotopic (exact) mass is 440 g/mol. The Labute approximate surface area is 176 Å². The van der Waals surface area contributed by atoms with Crippen molar-refractivity contribution in [3.8, 4) is 0 Å². The van der Waals surface area contributed by atoms with Crippen molar-refractivity contribution in [3.63, 3.8) is 0 Å². The third-order valence-corrected chi connectivity index (χ3v) is 6.45. The molecule has 5 nitrogen and oxygen atoms in total. The molecule has 0 aliphatic heterocycles. The summed E-state index contributed by atoms with van der Waals surface area (Å²) >= 11 is 7.64. The number of hydrogen-bond donors (Lipinski definition) is 1. The van der Waals surface area contributed by atoms with E-state index in [0.29, 0.717) is 17.3 Å². The Bertz CT molecular complexity index is 887. The Balaban J connectivity index is 1.82. The molecule has 0 radical (unpaired) electrons. The fourth-order valence-electron chi connectivity index (χ4n) is 2.56. The Kier molecular flexibility index (Phi) is 8.66. The zero-order valence-corrected chi connectivity index (χ0v) is 18.4. The summed E-state index contributed by atoms with van der Waals surface area (Å²) in [4.78, 5) is 12.2. The maximum absolute atomic E-state index is 12.2. The number of sulfonamides is 1. The van der Waals surface area contributed by atoms with Crippen molar-refractivity contribution in [1.29, 1.82) is 0 Å². The molecule has 0 unspecified atom stereocenters. The van der Waals surface area contributed by atoms with Gasteiger partial charge in [-0.15, -0.1) is 0 Å². The zero-order valence-electron chi connectivity index (χ0n) is 16.0. The van der Waals surface area contributed by atoms with Crippen molar-refractivity contribution in [2.24, 2.45) is 0 Å². The topological polar surface area (TPSA) is 66.5 Å². The molecule has 0 saturated heterocycles. The van der Waals surface area contributed by atoms with Crippen LogP contribution in [-0.4, -0.2) is 39.4 Å². The molecule has 1 amide bonds. The highest BCUT2D eigenvalue weighted by Gasteiger charge is 2.20. The second-order valence-electron chi connectivity index (χ2n) is 6.32. The number of anilines is 1. The van der Waals surface area contributed by atoms with E-state index in [1.165, 1.54) is 0 Å². The summed E-state index contributed by atoms with van der Waals surface area (Å²) in [7, 11) is -3.55. The van der Waals surface area contributed by atoms with Crippen molar-refractivity contribution in [2.45, 2.75) is 19.1 Å². The van der Waals surface area contributed by atoms with Crippen LogP contribution in [0.3, 0.4) is 0 Å². The molecular weight excluding hydrogens is 416 g/mol. The van der Waals surface area contributed by atoms with Gasteiger partial charge in [-0.25, -0.2) is 8.42 Å². The zero-order chi connectivity index (χ0) is 20.6. The Morgan fingerprint density at radius 3 is 2.46 bits per heavy atom. The number of benzene rings is 2. The lowest BCUT2D eigenvalue weighted by molar-refractivity contribution is -0.119. The van der Waals surface area contributed by atoms with E-state index in [-0.39, 0.29) is 12.5 Å². The number of rotatable bonds is 10. The maximum atomic E-state index is 12.2. The van der Waals surface area contributed by atoms with Gasteiger partial charge in [-0.3, -0.25) is 9.10 Å². The minimum Gasteiger partial charge on any atom is -0.354 e. The first-order valence-electron chi connectivity index (χ1n) is 8.95. The third-order valence-electron chi connectivity index (χ3n) is 4.05. The summed E-state index contributed by atoms with van der Waals surface area (Å²) in [6.07, 6.45) is 1.97. The predicted molar refractivity (Wildman–Crippen MR) is 119 cm³/mol. The summed E-state index contributed by atoms with van der Waals surface area (Å²) < 4.78 is 25.4. The molecule has 2 aromatic rings. The van der Waals surface area contributed by atoms with E-state index >= 15 is 0 Å². The van der Waals surface area contributed by atoms with Crippen molar-refractivity contribution in [3.05, 3.63) is 64.7 Å². The van der Waals surface area contributed by atoms with Gasteiger partial charge in [-0.05, 0) is 41.8 Å². The lowest BCUT2D eigenvalue weighted by atomic mass is 10.1. The predicted octanol–water partition coefficient (Wildman–Crippen LogP) is 3.72. The molecule has 0 aliphatic carbocycles. The average molecular weight is 441 g/mol. The van der Waals surface area contributed by atoms with Crippen LogP contribution >= 0.6 is 23.4 Å². The number of aryl methyl sites for hydroxylation is 1. The summed E-state index contributed by atoms with van der Waals surface area (Å²) in [6.45, 7) is 2.26. The smallest absolute Gasteiger partial charge is 0.240 e. The molecule has 0 atom stereocenters. The van der Waals surface area contributed by atoms with Gasteiger partial charge in [0.25, 0.3) is 0 Å². The van der Waals surface area contributed by atoms with Gasteiger partial charge in [0.1, 0.15) is 6.54 Å². The molecule has 28 heavy (non-hydrogen) atoms. The molecule has 0 heterocycles. The fourth-order valence-corrected chi connectivity index (χ4v) is 4.44. The molecule has 0 fully saturated rings. The highest BCUT2D eigenvalue weighted by atomic mass is 35.5. The molecule has 1 N–H and O–H groups in total. The molecule has 0 spiro atoms. The van der Waals surface area contributed by atoms with Gasteiger partial charge in [0.2, 0.25) is 15.9 Å². The van der Waals surface area contributed by atoms with Crippen molar-refractivity contribution >= 4 is 45.0 Å². The molecular formula is C20H25ClN2O3S2. The highest BCUT2D eigenvalue weighted by Crippen LogP contribution is 2.19. The molecule has 0 aliphatic rings. The number of nitrogens with one attached hydrogen (secondary N) is 1. The van der Waals surface area contributed by atoms with Gasteiger partial charge in [0, 0.05) is 23.1 Å². The highest BCUT2D eigenvalue weighted by molar-refractivity contribution is 7.98. The van der Waals surface area contributed by atoms with Crippen LogP contribution in [0.4, 0.5) is 5.69 Å². The maximum Gasteiger partial charge on any atom is 0.240 e. The van der Waals surface area contributed by atoms with Crippen LogP contribution in [0.15, 0.2) is 48.5 Å². The standard InChI is InChI=1S/C20H25ClN2O3S2/c1-3-16-7-9-19(10-8-16)23(28(2,25)26)14-20(24)22-11-12-27-15-17-5-4-6-18(21)13-17/h4-10,13H,3,11-12,14-15H2,1-2H3,(H,22,24). The molecule has 152 valence electrons. The van der Waals surface area contributed by atoms with Gasteiger partial charge < -0.3 is 5.32 Å². The largest absolute Gasteiger partial charge is 0.354 e. The summed E-state index contributed by atoms with van der Waals surface area (Å²) in [5.41, 5.74) is 2.73. The van der Waals surface area contributed by atoms with Crippen LogP contribution in [0.2, 0.25) is 5.02 Å². The van der Waals surface area contributed by atoms with E-state index in [0.717, 1.165) is 39.6 Å². The quantitative estimate of drug-likeness (QED) is 0.572. The molecule has 0 aromatic heterocycles. The second kappa shape index (κ2) is 10.7. The molecule has 0 saturated carbocycles. The SMILES string of the molecule is CCc1ccc(N(CC(=O)NCCSCc2cccc(Cl)c2)S(C)(=O)=O)cc1. The summed E-state index contributed by atoms with van der Waals surface area (Å²) in [5, 5.41) is 3.49. The first-order valence-corrected chi connectivity index (χ1v) is 12.3. The number of carbonyl (C=O) groups excluding carboxylic acids is 1. The lowest BCUT2D eigenvalue weighted by Crippen LogP contribution is -2.41. The summed E-state index contributed by atoms with van der Waals surface area (Å²) in [5.74, 6) is 1.20. The van der Waals surface area contributed by atoms with Gasteiger partial charge in [0.05, 0.1) is 11.9 Å². The first-order chi connectivity index (χ1) is 13.3. The summed E-state index contributed by atoms with van der Waals surface area (Å²) in [6, 6.07) is 14.9. The number of thioether (sulfide) groups is 1. The number of carbonyl (C=O) groups is 1. The van der Waals surface area contributed by atoms with E-state index in [4.69, 9.17) is 11.6 Å². The Morgan fingerprint density at radius 1 is 1.14 bits per heavy atom. The van der Waals surface area contributed by atoms with E-state index in [1.54, 1.807) is 23.9 Å². The van der Waals surface area contributed by atoms with Crippen molar-refractivity contribution in [2.75, 3.05) is 29.4 Å². The van der Waals surface area contributed by atoms with Crippen LogP contribution in [0.1, 0.15) is 18.1 Å². The van der Waals surface area contributed by atoms with Gasteiger partial charge >= 0.3 is 0 Å². The average Bonchev–Trinajstić information content (AvgIpc) is 2.65. The van der Waals surface area contributed by atoms with Crippen LogP contribution < -0.4 is 9.62 Å². The lowest BCUT2D eigenvalue weighted by Gasteiger charge is -2.22. The number of hydrogen-bond acceptors (Lipinski definition) is 4. The normalized spacial score (nSPS) is 11.2. The van der Waals surface area contributed by atoms with Crippen molar-refractivity contribution in [1.82, 2.24) is 5.32 Å². The van der Waals surface area contributed by atoms with Crippen LogP contribution in [0.5, 0.6) is 0 Å². The number of halogens is 1. The van der Waals surface area contributed by atoms with Gasteiger partial charge in [-0.1, -0.05) is 42.8 Å². The second-order valence-corrected chi connectivity index (χ2v) is 9.77. The minimum atomic E-state index is -3.55. The molecule has 8 heteroatoms. The van der Waals surface area contributed by atoms with Crippen molar-refractivity contribution < 1.29 is 13.2 Å². The van der Waals surface area contributed by atoms with Crippen LogP contribution in [-0.2, 0) is 27.0 Å². The van der Waals surface area contributed by atoms with Gasteiger partial charge in [-0.2, -0.15) is 11.8 Å². The van der Waals surface area contributed by atoms with Gasteiger partial charge in [0.15, 0.2) is 0 Å². The minimum absolute atomic E-state index is 0.233. The van der Waals surface area contributed by atoms with Crippen LogP contribution in [0.25, 0.3) is 0 Å². The molecule has 2 rings (SSSR count). The third kappa shape index (κ3) is 7.37. The van der Waals surface area contributed by atoms with E-state index in [1.807, 2.05) is 43.3 Å². The van der Waals surface area contributed by atoms with E-state index < -0.39 is 10.0 Å². The Hall–Kier alpha value is -1.70. The van der Waals surface area contributed by atoms with Crippen LogP contribution in [0, 0.1) is 0 Å². The van der Waals surface area contributed by atoms with E-state index in [2.05, 4.69) is 5.32 Å². The first kappa shape index (κ1) is 22.6. The molecule has 2 aromatic carbocycles. The fraction of sp³-hybridized carbons (Fsp3) is 0.350. The molecule has 0 bridgehead atoms. The number of amides is 1. The Morgan fingerprint density at radius 2 is 1.86 bits per heavy atom.